The number of ether oxygens (including phenoxy) is 1. The number of imidazole rings is 1. The molecule has 0 unspecified atom stereocenters. The van der Waals surface area contributed by atoms with Crippen molar-refractivity contribution in [3.8, 4) is 5.69 Å². The first-order chi connectivity index (χ1) is 14.8. The summed E-state index contributed by atoms with van der Waals surface area (Å²) in [5.74, 6) is -1.38. The molecular formula is C24H22FN3O3. The highest BCUT2D eigenvalue weighted by molar-refractivity contribution is 5.96. The summed E-state index contributed by atoms with van der Waals surface area (Å²) in [6.07, 6.45) is 4.31. The fourth-order valence-electron chi connectivity index (χ4n) is 3.92. The molecule has 0 spiro atoms. The third kappa shape index (κ3) is 3.74. The first-order valence-electron chi connectivity index (χ1n) is 9.82. The minimum absolute atomic E-state index is 0.151. The van der Waals surface area contributed by atoms with E-state index in [2.05, 4.69) is 18.8 Å². The number of benzene rings is 2. The number of fused-ring (bicyclic) bond motifs is 1. The first-order valence-corrected chi connectivity index (χ1v) is 9.82. The Hall–Kier alpha value is -3.74. The highest BCUT2D eigenvalue weighted by atomic mass is 19.1. The maximum Gasteiger partial charge on any atom is 0.357 e. The average molecular weight is 419 g/mol. The van der Waals surface area contributed by atoms with Crippen molar-refractivity contribution in [3.05, 3.63) is 89.9 Å². The quantitative estimate of drug-likeness (QED) is 0.461. The predicted octanol–water partition coefficient (Wildman–Crippen LogP) is 4.05. The monoisotopic (exact) mass is 419 g/mol. The van der Waals surface area contributed by atoms with Gasteiger partial charge in [0.05, 0.1) is 12.5 Å². The molecule has 2 aromatic carbocycles. The minimum Gasteiger partial charge on any atom is -0.453 e. The van der Waals surface area contributed by atoms with Crippen molar-refractivity contribution in [2.45, 2.75) is 19.3 Å². The van der Waals surface area contributed by atoms with Crippen molar-refractivity contribution < 1.29 is 18.7 Å². The Labute approximate surface area is 179 Å². The van der Waals surface area contributed by atoms with Crippen molar-refractivity contribution in [1.82, 2.24) is 9.55 Å². The van der Waals surface area contributed by atoms with Crippen LogP contribution in [0.2, 0.25) is 0 Å². The summed E-state index contributed by atoms with van der Waals surface area (Å²) in [4.78, 5) is 31.1. The molecule has 158 valence electrons. The molecule has 0 aliphatic carbocycles. The molecule has 0 N–H and O–H groups in total. The van der Waals surface area contributed by atoms with Gasteiger partial charge in [-0.2, -0.15) is 0 Å². The van der Waals surface area contributed by atoms with Crippen molar-refractivity contribution in [2.75, 3.05) is 18.6 Å². The Bertz CT molecular complexity index is 1180. The van der Waals surface area contributed by atoms with E-state index in [0.717, 1.165) is 16.9 Å². The summed E-state index contributed by atoms with van der Waals surface area (Å²) in [7, 11) is 1.92. The molecule has 0 amide bonds. The van der Waals surface area contributed by atoms with Gasteiger partial charge in [-0.3, -0.25) is 9.36 Å². The van der Waals surface area contributed by atoms with Crippen molar-refractivity contribution in [3.63, 3.8) is 0 Å². The lowest BCUT2D eigenvalue weighted by atomic mass is 9.83. The molecule has 0 atom stereocenters. The van der Waals surface area contributed by atoms with Gasteiger partial charge >= 0.3 is 5.97 Å². The fraction of sp³-hybridized carbons (Fsp3) is 0.208. The lowest BCUT2D eigenvalue weighted by Crippen LogP contribution is -2.25. The van der Waals surface area contributed by atoms with Crippen molar-refractivity contribution in [2.24, 2.45) is 0 Å². The molecule has 4 rings (SSSR count). The van der Waals surface area contributed by atoms with Crippen LogP contribution in [0, 0.1) is 5.82 Å². The van der Waals surface area contributed by atoms with E-state index in [9.17, 15) is 14.0 Å². The zero-order valence-corrected chi connectivity index (χ0v) is 17.5. The van der Waals surface area contributed by atoms with Gasteiger partial charge < -0.3 is 9.64 Å². The number of rotatable bonds is 5. The van der Waals surface area contributed by atoms with Gasteiger partial charge in [0.15, 0.2) is 18.1 Å². The number of hydrogen-bond acceptors (Lipinski definition) is 5. The molecule has 1 aromatic heterocycles. The first kappa shape index (κ1) is 20.5. The average Bonchev–Trinajstić information content (AvgIpc) is 3.31. The zero-order valence-electron chi connectivity index (χ0n) is 17.5. The Morgan fingerprint density at radius 1 is 1.13 bits per heavy atom. The number of carbonyl (C=O) groups is 2. The lowest BCUT2D eigenvalue weighted by molar-refractivity contribution is -0.117. The summed E-state index contributed by atoms with van der Waals surface area (Å²) < 4.78 is 19.9. The second kappa shape index (κ2) is 7.83. The molecule has 0 radical (unpaired) electrons. The van der Waals surface area contributed by atoms with Gasteiger partial charge in [0.1, 0.15) is 5.82 Å². The molecule has 0 saturated carbocycles. The van der Waals surface area contributed by atoms with Crippen molar-refractivity contribution in [1.29, 1.82) is 0 Å². The normalized spacial score (nSPS) is 15.7. The molecule has 31 heavy (non-hydrogen) atoms. The van der Waals surface area contributed by atoms with E-state index in [1.807, 2.05) is 36.2 Å². The maximum absolute atomic E-state index is 13.2. The Morgan fingerprint density at radius 2 is 1.84 bits per heavy atom. The SMILES string of the molecule is CN1/C(=C/C(=O)COC(=O)c2cncn2-c2ccc(F)cc2)C(C)(C)c2ccccc21. The van der Waals surface area contributed by atoms with Crippen LogP contribution in [0.3, 0.4) is 0 Å². The minimum atomic E-state index is -0.684. The Kier molecular flexibility index (Phi) is 5.19. The third-order valence-corrected chi connectivity index (χ3v) is 5.54. The second-order valence-corrected chi connectivity index (χ2v) is 7.90. The number of aromatic nitrogens is 2. The maximum atomic E-state index is 13.2. The predicted molar refractivity (Wildman–Crippen MR) is 115 cm³/mol. The van der Waals surface area contributed by atoms with Crippen LogP contribution in [0.1, 0.15) is 29.9 Å². The molecular weight excluding hydrogens is 397 g/mol. The zero-order chi connectivity index (χ0) is 22.2. The van der Waals surface area contributed by atoms with Crippen LogP contribution in [-0.2, 0) is 14.9 Å². The van der Waals surface area contributed by atoms with E-state index >= 15 is 0 Å². The lowest BCUT2D eigenvalue weighted by Gasteiger charge is -2.23. The number of likely N-dealkylation sites (N-methyl/N-ethyl adjacent to an activating group) is 1. The number of halogens is 1. The standard InChI is InChI=1S/C24H22FN3O3/c1-24(2)19-6-4-5-7-20(19)27(3)22(24)12-18(29)14-31-23(30)21-13-26-15-28(21)17-10-8-16(25)9-11-17/h4-13,15H,14H2,1-3H3/b22-12+. The third-order valence-electron chi connectivity index (χ3n) is 5.54. The number of hydrogen-bond donors (Lipinski definition) is 0. The topological polar surface area (TPSA) is 64.4 Å². The summed E-state index contributed by atoms with van der Waals surface area (Å²) in [6.45, 7) is 3.72. The number of anilines is 1. The summed E-state index contributed by atoms with van der Waals surface area (Å²) in [5, 5.41) is 0. The van der Waals surface area contributed by atoms with E-state index in [-0.39, 0.29) is 22.7 Å². The molecule has 6 nitrogen and oxygen atoms in total. The van der Waals surface area contributed by atoms with Crippen LogP contribution < -0.4 is 4.90 Å². The highest BCUT2D eigenvalue weighted by Crippen LogP contribution is 2.46. The number of esters is 1. The van der Waals surface area contributed by atoms with Crippen molar-refractivity contribution >= 4 is 17.4 Å². The van der Waals surface area contributed by atoms with E-state index in [1.165, 1.54) is 47.4 Å². The molecule has 7 heteroatoms. The Morgan fingerprint density at radius 3 is 2.55 bits per heavy atom. The van der Waals surface area contributed by atoms with Crippen LogP contribution in [0.15, 0.2) is 72.8 Å². The number of para-hydroxylation sites is 1. The van der Waals surface area contributed by atoms with Gasteiger partial charge in [-0.25, -0.2) is 14.2 Å². The molecule has 0 fully saturated rings. The van der Waals surface area contributed by atoms with Crippen LogP contribution >= 0.6 is 0 Å². The highest BCUT2D eigenvalue weighted by Gasteiger charge is 2.38. The summed E-state index contributed by atoms with van der Waals surface area (Å²) in [6, 6.07) is 13.6. The number of nitrogens with zero attached hydrogens (tertiary/aromatic N) is 3. The molecule has 0 bridgehead atoms. The van der Waals surface area contributed by atoms with Crippen LogP contribution in [0.5, 0.6) is 0 Å². The van der Waals surface area contributed by atoms with Crippen LogP contribution in [-0.4, -0.2) is 35.0 Å². The van der Waals surface area contributed by atoms with E-state index in [4.69, 9.17) is 4.74 Å². The van der Waals surface area contributed by atoms with E-state index in [0.29, 0.717) is 5.69 Å². The van der Waals surface area contributed by atoms with Gasteiger partial charge in [0, 0.05) is 35.6 Å². The van der Waals surface area contributed by atoms with Crippen LogP contribution in [0.25, 0.3) is 5.69 Å². The van der Waals surface area contributed by atoms with E-state index in [1.54, 1.807) is 0 Å². The number of allylic oxidation sites excluding steroid dienone is 1. The van der Waals surface area contributed by atoms with Crippen LogP contribution in [0.4, 0.5) is 10.1 Å². The van der Waals surface area contributed by atoms with Gasteiger partial charge in [-0.15, -0.1) is 0 Å². The molecule has 3 aromatic rings. The molecule has 1 aliphatic heterocycles. The fourth-order valence-corrected chi connectivity index (χ4v) is 3.92. The Balaban J connectivity index is 1.47. The molecule has 0 saturated heterocycles. The van der Waals surface area contributed by atoms with Gasteiger partial charge in [-0.1, -0.05) is 32.0 Å². The molecule has 1 aliphatic rings. The van der Waals surface area contributed by atoms with Gasteiger partial charge in [-0.05, 0) is 35.9 Å². The largest absolute Gasteiger partial charge is 0.453 e. The smallest absolute Gasteiger partial charge is 0.357 e. The number of ketones is 1. The number of carbonyl (C=O) groups excluding carboxylic acids is 2. The molecule has 2 heterocycles. The van der Waals surface area contributed by atoms with E-state index < -0.39 is 12.6 Å². The summed E-state index contributed by atoms with van der Waals surface area (Å²) >= 11 is 0. The van der Waals surface area contributed by atoms with Gasteiger partial charge in [0.2, 0.25) is 0 Å². The second-order valence-electron chi connectivity index (χ2n) is 7.90. The van der Waals surface area contributed by atoms with Gasteiger partial charge in [0.25, 0.3) is 0 Å². The summed E-state index contributed by atoms with van der Waals surface area (Å²) in [5.41, 5.74) is 3.39.